The second-order valence-corrected chi connectivity index (χ2v) is 16.0. The van der Waals surface area contributed by atoms with Crippen molar-refractivity contribution in [2.75, 3.05) is 19.5 Å². The highest BCUT2D eigenvalue weighted by atomic mass is 16.5. The number of aromatic hydroxyl groups is 1. The smallest absolute Gasteiger partial charge is 0.192 e. The van der Waals surface area contributed by atoms with Crippen LogP contribution in [-0.2, 0) is 35.4 Å². The summed E-state index contributed by atoms with van der Waals surface area (Å²) in [5.74, 6) is 5.07. The Morgan fingerprint density at radius 1 is 0.918 bits per heavy atom. The number of ether oxygens (including phenoxy) is 3. The number of phenolic OH excluding ortho intramolecular Hbond substituents is 1. The standard InChI is InChI=1S/C52H55N3O6/c1-54-52(53)55-43-14-8-12-36(29-43)11-6-7-13-39-18-21-44(56)31-42(39)32-46-33-45(57)20-15-37-17-24-49(59-2)50(30-37)61-34-38-16-22-47-40(28-38)19-23-48(58)51(47)41(25-26-60-46)27-35-9-4-3-5-10-35/h3-5,8-10,12,14,16-19,21-24,28-31,39,41-42,46,56,58H,6-7,11,13,15,20,27,32-34H2,1-2H3,(H3,53,54,55). The highest BCUT2D eigenvalue weighted by Gasteiger charge is 2.27. The molecule has 9 nitrogen and oxygen atoms in total. The number of nitrogens with one attached hydrogen (secondary N) is 1. The molecule has 0 fully saturated rings. The fraction of sp³-hybridized carbons (Fsp3) is 0.308. The van der Waals surface area contributed by atoms with Crippen molar-refractivity contribution in [3.63, 3.8) is 0 Å². The van der Waals surface area contributed by atoms with E-state index in [0.717, 1.165) is 64.4 Å². The number of allylic oxidation sites excluding steroid dienone is 3. The lowest BCUT2D eigenvalue weighted by Gasteiger charge is -2.28. The molecule has 1 aliphatic carbocycles. The van der Waals surface area contributed by atoms with Crippen LogP contribution >= 0.6 is 0 Å². The summed E-state index contributed by atoms with van der Waals surface area (Å²) in [7, 11) is 3.27. The number of carbonyl (C=O) groups is 1. The van der Waals surface area contributed by atoms with Crippen molar-refractivity contribution in [1.29, 1.82) is 0 Å². The first-order valence-corrected chi connectivity index (χ1v) is 21.2. The number of Topliss-reactive ketones (excluding diaryl/α,β-unsaturated/α-hetero) is 1. The summed E-state index contributed by atoms with van der Waals surface area (Å²) in [6.45, 7) is 0.311. The van der Waals surface area contributed by atoms with Gasteiger partial charge in [0.15, 0.2) is 17.5 Å². The molecule has 314 valence electrons. The van der Waals surface area contributed by atoms with Crippen LogP contribution in [0.1, 0.15) is 72.3 Å². The van der Waals surface area contributed by atoms with Gasteiger partial charge < -0.3 is 35.5 Å². The maximum atomic E-state index is 13.8. The summed E-state index contributed by atoms with van der Waals surface area (Å²) >= 11 is 0. The number of fused-ring (bicyclic) bond motifs is 9. The van der Waals surface area contributed by atoms with E-state index in [0.29, 0.717) is 49.7 Å². The average Bonchev–Trinajstić information content (AvgIpc) is 3.27. The Morgan fingerprint density at radius 2 is 1.75 bits per heavy atom. The highest BCUT2D eigenvalue weighted by molar-refractivity contribution is 5.92. The quantitative estimate of drug-likeness (QED) is 0.0448. The van der Waals surface area contributed by atoms with Crippen LogP contribution in [0.5, 0.6) is 17.2 Å². The van der Waals surface area contributed by atoms with E-state index in [-0.39, 0.29) is 35.5 Å². The van der Waals surface area contributed by atoms with Gasteiger partial charge in [-0.2, -0.15) is 0 Å². The number of rotatable bonds is 11. The first kappa shape index (κ1) is 42.5. The number of phenols is 1. The molecule has 2 aliphatic heterocycles. The number of nitrogens with two attached hydrogens (primary N) is 1. The summed E-state index contributed by atoms with van der Waals surface area (Å²) in [5, 5.41) is 27.1. The number of nitrogens with zero attached hydrogens (tertiary/aromatic N) is 1. The number of anilines is 1. The van der Waals surface area contributed by atoms with Gasteiger partial charge in [-0.25, -0.2) is 0 Å². The Morgan fingerprint density at radius 3 is 2.59 bits per heavy atom. The lowest BCUT2D eigenvalue weighted by Crippen LogP contribution is -2.24. The van der Waals surface area contributed by atoms with E-state index in [4.69, 9.17) is 19.9 Å². The molecule has 8 rings (SSSR count). The van der Waals surface area contributed by atoms with Crippen LogP contribution in [0.25, 0.3) is 10.8 Å². The maximum Gasteiger partial charge on any atom is 0.192 e. The third-order valence-corrected chi connectivity index (χ3v) is 11.6. The number of benzene rings is 5. The molecule has 5 aromatic rings. The molecule has 6 bridgehead atoms. The van der Waals surface area contributed by atoms with Crippen LogP contribution in [0, 0.1) is 23.9 Å². The van der Waals surface area contributed by atoms with Gasteiger partial charge in [-0.05, 0) is 132 Å². The van der Waals surface area contributed by atoms with E-state index in [9.17, 15) is 15.0 Å². The molecule has 3 aliphatic rings. The summed E-state index contributed by atoms with van der Waals surface area (Å²) in [4.78, 5) is 17.8. The van der Waals surface area contributed by atoms with Gasteiger partial charge in [-0.3, -0.25) is 9.79 Å². The van der Waals surface area contributed by atoms with Crippen LogP contribution in [0.15, 0.2) is 132 Å². The number of aliphatic imine (C=N–C) groups is 1. The van der Waals surface area contributed by atoms with Crippen LogP contribution in [0.4, 0.5) is 5.69 Å². The van der Waals surface area contributed by atoms with Gasteiger partial charge in [0.05, 0.1) is 13.0 Å². The molecule has 5 aromatic carbocycles. The zero-order valence-corrected chi connectivity index (χ0v) is 35.0. The van der Waals surface area contributed by atoms with E-state index < -0.39 is 12.0 Å². The molecule has 0 spiro atoms. The number of aliphatic hydroxyl groups is 1. The van der Waals surface area contributed by atoms with Gasteiger partial charge in [0.2, 0.25) is 0 Å². The first-order valence-electron chi connectivity index (χ1n) is 21.2. The Kier molecular flexibility index (Phi) is 14.3. The minimum Gasteiger partial charge on any atom is -0.508 e. The molecular weight excluding hydrogens is 763 g/mol. The Balaban J connectivity index is 1.15. The topological polar surface area (TPSA) is 136 Å². The Bertz CT molecular complexity index is 2460. The first-order chi connectivity index (χ1) is 29.7. The van der Waals surface area contributed by atoms with E-state index in [1.54, 1.807) is 26.3 Å². The molecule has 0 aromatic heterocycles. The number of ketones is 1. The summed E-state index contributed by atoms with van der Waals surface area (Å²) in [5.41, 5.74) is 11.7. The number of methoxy groups -OCH3 is 1. The molecule has 5 N–H and O–H groups in total. The summed E-state index contributed by atoms with van der Waals surface area (Å²) < 4.78 is 18.4. The highest BCUT2D eigenvalue weighted by Crippen LogP contribution is 2.37. The zero-order chi connectivity index (χ0) is 42.6. The maximum absolute atomic E-state index is 13.8. The van der Waals surface area contributed by atoms with E-state index >= 15 is 0 Å². The minimum atomic E-state index is -0.532. The van der Waals surface area contributed by atoms with Crippen molar-refractivity contribution in [3.05, 3.63) is 155 Å². The van der Waals surface area contributed by atoms with Crippen LogP contribution in [0.3, 0.4) is 0 Å². The molecule has 9 heteroatoms. The molecule has 0 saturated carbocycles. The van der Waals surface area contributed by atoms with Gasteiger partial charge >= 0.3 is 0 Å². The molecule has 0 amide bonds. The van der Waals surface area contributed by atoms with E-state index in [1.807, 2.05) is 72.8 Å². The second-order valence-electron chi connectivity index (χ2n) is 16.0. The van der Waals surface area contributed by atoms with Crippen LogP contribution < -0.4 is 20.5 Å². The number of carbonyl (C=O) groups excluding carboxylic acids is 1. The lowest BCUT2D eigenvalue weighted by atomic mass is 9.80. The third-order valence-electron chi connectivity index (χ3n) is 11.6. The van der Waals surface area contributed by atoms with Crippen molar-refractivity contribution in [3.8, 4) is 29.3 Å². The number of aryl methyl sites for hydroxylation is 2. The average molecular weight is 818 g/mol. The molecule has 61 heavy (non-hydrogen) atoms. The Hall–Kier alpha value is -6.66. The zero-order valence-electron chi connectivity index (χ0n) is 35.0. The monoisotopic (exact) mass is 817 g/mol. The van der Waals surface area contributed by atoms with E-state index in [1.165, 1.54) is 5.56 Å². The van der Waals surface area contributed by atoms with E-state index in [2.05, 4.69) is 58.7 Å². The predicted octanol–water partition coefficient (Wildman–Crippen LogP) is 10.1. The SMILES string of the molecule is CN=C(N)Nc1cccc(CCCCC2C=CC(O)=CC2CC2CC(=O)CCc3ccc(OC)c(c3)OCc3ccc4c(c(O)ccc4c3)C(Cc3ccccc3)C#CO2)c1. The van der Waals surface area contributed by atoms with Gasteiger partial charge in [-0.15, -0.1) is 0 Å². The van der Waals surface area contributed by atoms with Gasteiger partial charge in [-0.1, -0.05) is 85.1 Å². The fourth-order valence-electron chi connectivity index (χ4n) is 8.41. The largest absolute Gasteiger partial charge is 0.508 e. The van der Waals surface area contributed by atoms with Crippen LogP contribution in [-0.4, -0.2) is 42.2 Å². The lowest BCUT2D eigenvalue weighted by molar-refractivity contribution is -0.121. The number of guanidine groups is 1. The molecule has 0 saturated heterocycles. The number of hydrogen-bond acceptors (Lipinski definition) is 7. The molecule has 4 unspecified atom stereocenters. The number of aliphatic hydroxyl groups excluding tert-OH is 1. The van der Waals surface area contributed by atoms with Crippen molar-refractivity contribution in [2.24, 2.45) is 22.6 Å². The number of hydrogen-bond donors (Lipinski definition) is 4. The molecular formula is C52H55N3O6. The number of unbranched alkanes of at least 4 members (excludes halogenated alkanes) is 1. The van der Waals surface area contributed by atoms with Crippen molar-refractivity contribution >= 4 is 28.2 Å². The molecule has 2 heterocycles. The Labute approximate surface area is 359 Å². The summed E-state index contributed by atoms with van der Waals surface area (Å²) in [6.07, 6.45) is 14.1. The third kappa shape index (κ3) is 11.5. The predicted molar refractivity (Wildman–Crippen MR) is 243 cm³/mol. The van der Waals surface area contributed by atoms with Gasteiger partial charge in [0.1, 0.15) is 36.1 Å². The van der Waals surface area contributed by atoms with Gasteiger partial charge in [0.25, 0.3) is 0 Å². The second kappa shape index (κ2) is 20.5. The van der Waals surface area contributed by atoms with Crippen LogP contribution in [0.2, 0.25) is 0 Å². The fourth-order valence-corrected chi connectivity index (χ4v) is 8.41. The molecule has 4 atom stereocenters. The summed E-state index contributed by atoms with van der Waals surface area (Å²) in [6, 6.07) is 33.9. The van der Waals surface area contributed by atoms with Crippen molar-refractivity contribution in [1.82, 2.24) is 0 Å². The van der Waals surface area contributed by atoms with Crippen molar-refractivity contribution in [2.45, 2.75) is 76.4 Å². The normalized spacial score (nSPS) is 19.4. The minimum absolute atomic E-state index is 0.0589. The van der Waals surface area contributed by atoms with Crippen molar-refractivity contribution < 1.29 is 29.2 Å². The molecule has 0 radical (unpaired) electrons. The van der Waals surface area contributed by atoms with Gasteiger partial charge in [0, 0.05) is 31.1 Å².